The van der Waals surface area contributed by atoms with E-state index in [9.17, 15) is 0 Å². The number of fused-ring (bicyclic) bond motifs is 1. The Kier molecular flexibility index (Phi) is 4.55. The van der Waals surface area contributed by atoms with E-state index in [0.717, 1.165) is 47.7 Å². The van der Waals surface area contributed by atoms with Crippen molar-refractivity contribution in [2.75, 3.05) is 6.61 Å². The molecule has 0 spiro atoms. The van der Waals surface area contributed by atoms with E-state index in [1.165, 1.54) is 6.33 Å². The molecule has 0 N–H and O–H groups in total. The Morgan fingerprint density at radius 1 is 1.00 bits per heavy atom. The van der Waals surface area contributed by atoms with Crippen molar-refractivity contribution in [2.45, 2.75) is 19.8 Å². The molecular formula is C20H19N5O. The lowest BCUT2D eigenvalue weighted by molar-refractivity contribution is 0.309. The number of pyridine rings is 1. The summed E-state index contributed by atoms with van der Waals surface area (Å²) in [5, 5.41) is 4.29. The zero-order valence-corrected chi connectivity index (χ0v) is 14.5. The molecule has 0 atom stereocenters. The summed E-state index contributed by atoms with van der Waals surface area (Å²) >= 11 is 0. The first-order valence-corrected chi connectivity index (χ1v) is 8.69. The molecule has 0 fully saturated rings. The maximum atomic E-state index is 5.73. The van der Waals surface area contributed by atoms with Crippen molar-refractivity contribution in [1.82, 2.24) is 24.6 Å². The van der Waals surface area contributed by atoms with Gasteiger partial charge < -0.3 is 4.74 Å². The van der Waals surface area contributed by atoms with E-state index in [0.29, 0.717) is 5.78 Å². The highest BCUT2D eigenvalue weighted by atomic mass is 16.5. The summed E-state index contributed by atoms with van der Waals surface area (Å²) < 4.78 is 7.47. The van der Waals surface area contributed by atoms with E-state index in [1.54, 1.807) is 16.9 Å². The number of unbranched alkanes of at least 4 members (excludes halogenated alkanes) is 1. The standard InChI is InChI=1S/C20H19N5O/c1-2-3-12-26-17-6-4-15(5-7-17)18-13-19(16-8-10-21-11-9-16)25-20(24-18)22-14-23-25/h4-11,13-14H,2-3,12H2,1H3. The van der Waals surface area contributed by atoms with Crippen LogP contribution >= 0.6 is 0 Å². The van der Waals surface area contributed by atoms with Crippen molar-refractivity contribution >= 4 is 5.78 Å². The highest BCUT2D eigenvalue weighted by Crippen LogP contribution is 2.26. The van der Waals surface area contributed by atoms with Crippen molar-refractivity contribution < 1.29 is 4.74 Å². The van der Waals surface area contributed by atoms with Crippen LogP contribution in [0, 0.1) is 0 Å². The molecule has 26 heavy (non-hydrogen) atoms. The van der Waals surface area contributed by atoms with Gasteiger partial charge in [-0.05, 0) is 48.9 Å². The van der Waals surface area contributed by atoms with Gasteiger partial charge in [-0.2, -0.15) is 14.6 Å². The van der Waals surface area contributed by atoms with Crippen molar-refractivity contribution in [2.24, 2.45) is 0 Å². The van der Waals surface area contributed by atoms with Gasteiger partial charge in [0.25, 0.3) is 5.78 Å². The Morgan fingerprint density at radius 3 is 2.58 bits per heavy atom. The molecule has 3 heterocycles. The summed E-state index contributed by atoms with van der Waals surface area (Å²) in [4.78, 5) is 13.0. The number of rotatable bonds is 6. The summed E-state index contributed by atoms with van der Waals surface area (Å²) in [7, 11) is 0. The highest BCUT2D eigenvalue weighted by molar-refractivity contribution is 5.70. The van der Waals surface area contributed by atoms with E-state index in [1.807, 2.05) is 42.5 Å². The summed E-state index contributed by atoms with van der Waals surface area (Å²) in [5.41, 5.74) is 3.79. The number of hydrogen-bond donors (Lipinski definition) is 0. The van der Waals surface area contributed by atoms with Gasteiger partial charge in [0.1, 0.15) is 12.1 Å². The maximum absolute atomic E-state index is 5.73. The molecule has 6 nitrogen and oxygen atoms in total. The van der Waals surface area contributed by atoms with E-state index in [-0.39, 0.29) is 0 Å². The van der Waals surface area contributed by atoms with E-state index in [2.05, 4.69) is 27.0 Å². The van der Waals surface area contributed by atoms with Crippen molar-refractivity contribution in [3.05, 3.63) is 61.2 Å². The molecule has 0 aliphatic rings. The Labute approximate surface area is 151 Å². The SMILES string of the molecule is CCCCOc1ccc(-c2cc(-c3ccncc3)n3ncnc3n2)cc1. The third-order valence-corrected chi connectivity index (χ3v) is 4.14. The first-order chi connectivity index (χ1) is 12.8. The minimum Gasteiger partial charge on any atom is -0.494 e. The molecule has 3 aromatic heterocycles. The molecular weight excluding hydrogens is 326 g/mol. The van der Waals surface area contributed by atoms with Gasteiger partial charge in [0.05, 0.1) is 18.0 Å². The highest BCUT2D eigenvalue weighted by Gasteiger charge is 2.11. The van der Waals surface area contributed by atoms with Crippen molar-refractivity contribution in [3.63, 3.8) is 0 Å². The number of benzene rings is 1. The number of ether oxygens (including phenoxy) is 1. The minimum absolute atomic E-state index is 0.567. The van der Waals surface area contributed by atoms with Crippen molar-refractivity contribution in [3.8, 4) is 28.3 Å². The Hall–Kier alpha value is -3.28. The monoisotopic (exact) mass is 345 g/mol. The third kappa shape index (κ3) is 3.26. The largest absolute Gasteiger partial charge is 0.494 e. The number of nitrogens with zero attached hydrogens (tertiary/aromatic N) is 5. The Balaban J connectivity index is 1.71. The molecule has 6 heteroatoms. The molecule has 4 aromatic rings. The lowest BCUT2D eigenvalue weighted by Crippen LogP contribution is -1.99. The van der Waals surface area contributed by atoms with Crippen LogP contribution < -0.4 is 4.74 Å². The molecule has 0 saturated carbocycles. The van der Waals surface area contributed by atoms with E-state index >= 15 is 0 Å². The van der Waals surface area contributed by atoms with Crippen LogP contribution in [0.25, 0.3) is 28.3 Å². The van der Waals surface area contributed by atoms with Gasteiger partial charge in [0.15, 0.2) is 0 Å². The first-order valence-electron chi connectivity index (χ1n) is 8.69. The zero-order chi connectivity index (χ0) is 17.8. The quantitative estimate of drug-likeness (QED) is 0.494. The van der Waals surface area contributed by atoms with Crippen LogP contribution in [-0.4, -0.2) is 31.2 Å². The lowest BCUT2D eigenvalue weighted by Gasteiger charge is -2.09. The second-order valence-corrected chi connectivity index (χ2v) is 5.96. The van der Waals surface area contributed by atoms with Crippen LogP contribution in [0.4, 0.5) is 0 Å². The van der Waals surface area contributed by atoms with Crippen LogP contribution in [0.15, 0.2) is 61.2 Å². The molecule has 0 bridgehead atoms. The van der Waals surface area contributed by atoms with Gasteiger partial charge in [0, 0.05) is 23.5 Å². The predicted molar refractivity (Wildman–Crippen MR) is 99.9 cm³/mol. The van der Waals surface area contributed by atoms with Crippen LogP contribution in [0.1, 0.15) is 19.8 Å². The molecule has 1 aromatic carbocycles. The molecule has 0 aliphatic heterocycles. The fourth-order valence-electron chi connectivity index (χ4n) is 2.74. The molecule has 0 saturated heterocycles. The van der Waals surface area contributed by atoms with Crippen molar-refractivity contribution in [1.29, 1.82) is 0 Å². The normalized spacial score (nSPS) is 11.0. The van der Waals surface area contributed by atoms with Gasteiger partial charge in [-0.1, -0.05) is 13.3 Å². The number of hydrogen-bond acceptors (Lipinski definition) is 5. The van der Waals surface area contributed by atoms with Gasteiger partial charge in [0.2, 0.25) is 0 Å². The lowest BCUT2D eigenvalue weighted by atomic mass is 10.1. The summed E-state index contributed by atoms with van der Waals surface area (Å²) in [5.74, 6) is 1.44. The maximum Gasteiger partial charge on any atom is 0.253 e. The van der Waals surface area contributed by atoms with Gasteiger partial charge in [-0.25, -0.2) is 4.98 Å². The molecule has 0 unspecified atom stereocenters. The summed E-state index contributed by atoms with van der Waals surface area (Å²) in [6.07, 6.45) is 7.23. The molecule has 4 rings (SSSR count). The van der Waals surface area contributed by atoms with E-state index in [4.69, 9.17) is 4.74 Å². The van der Waals surface area contributed by atoms with Crippen LogP contribution in [0.5, 0.6) is 5.75 Å². The fraction of sp³-hybridized carbons (Fsp3) is 0.200. The smallest absolute Gasteiger partial charge is 0.253 e. The average Bonchev–Trinajstić information content (AvgIpc) is 3.17. The Morgan fingerprint density at radius 2 is 1.81 bits per heavy atom. The minimum atomic E-state index is 0.567. The first kappa shape index (κ1) is 16.2. The molecule has 0 amide bonds. The Bertz CT molecular complexity index is 996. The molecule has 0 radical (unpaired) electrons. The van der Waals surface area contributed by atoms with Gasteiger partial charge in [-0.3, -0.25) is 4.98 Å². The fourth-order valence-corrected chi connectivity index (χ4v) is 2.74. The van der Waals surface area contributed by atoms with Gasteiger partial charge in [-0.15, -0.1) is 0 Å². The predicted octanol–water partition coefficient (Wildman–Crippen LogP) is 4.03. The van der Waals surface area contributed by atoms with Gasteiger partial charge >= 0.3 is 0 Å². The summed E-state index contributed by atoms with van der Waals surface area (Å²) in [6.45, 7) is 2.89. The van der Waals surface area contributed by atoms with Crippen LogP contribution in [-0.2, 0) is 0 Å². The number of aromatic nitrogens is 5. The second kappa shape index (κ2) is 7.31. The van der Waals surface area contributed by atoms with Crippen LogP contribution in [0.2, 0.25) is 0 Å². The average molecular weight is 345 g/mol. The topological polar surface area (TPSA) is 65.2 Å². The zero-order valence-electron chi connectivity index (χ0n) is 14.5. The molecule has 0 aliphatic carbocycles. The summed E-state index contributed by atoms with van der Waals surface area (Å²) in [6, 6.07) is 13.9. The van der Waals surface area contributed by atoms with E-state index < -0.39 is 0 Å². The molecule has 130 valence electrons. The van der Waals surface area contributed by atoms with Crippen LogP contribution in [0.3, 0.4) is 0 Å². The third-order valence-electron chi connectivity index (χ3n) is 4.14. The second-order valence-electron chi connectivity index (χ2n) is 5.96.